The Bertz CT molecular complexity index is 692. The van der Waals surface area contributed by atoms with E-state index in [1.54, 1.807) is 0 Å². The third kappa shape index (κ3) is 6.65. The number of aldehydes is 1. The van der Waals surface area contributed by atoms with Crippen LogP contribution in [0.15, 0.2) is 48.5 Å². The molecule has 0 amide bonds. The fraction of sp³-hybridized carbons (Fsp3) is 0.111. The smallest absolute Gasteiger partial charge is 0.328 e. The molecule has 2 aromatic rings. The van der Waals surface area contributed by atoms with E-state index in [2.05, 4.69) is 0 Å². The number of benzene rings is 2. The molecule has 0 saturated heterocycles. The third-order valence-electron chi connectivity index (χ3n) is 2.90. The maximum absolute atomic E-state index is 12.6. The fourth-order valence-electron chi connectivity index (χ4n) is 1.74. The van der Waals surface area contributed by atoms with Gasteiger partial charge >= 0.3 is 5.97 Å². The van der Waals surface area contributed by atoms with Crippen LogP contribution in [0.3, 0.4) is 0 Å². The molecule has 0 atom stereocenters. The molecule has 0 spiro atoms. The molecule has 0 radical (unpaired) electrons. The maximum atomic E-state index is 12.6. The molecule has 2 aromatic carbocycles. The first-order valence-electron chi connectivity index (χ1n) is 6.86. The summed E-state index contributed by atoms with van der Waals surface area (Å²) in [6.45, 7) is 1.89. The Balaban J connectivity index is 0.000000231. The van der Waals surface area contributed by atoms with Crippen molar-refractivity contribution in [3.05, 3.63) is 76.9 Å². The summed E-state index contributed by atoms with van der Waals surface area (Å²) in [5, 5.41) is 8.27. The number of carbonyl (C=O) groups excluding carboxylic acids is 1. The molecular weight excluding hydrogens is 302 g/mol. The molecule has 0 aliphatic rings. The van der Waals surface area contributed by atoms with E-state index in [4.69, 9.17) is 5.11 Å². The van der Waals surface area contributed by atoms with E-state index in [9.17, 15) is 18.4 Å². The lowest BCUT2D eigenvalue weighted by Gasteiger charge is -1.99. The maximum Gasteiger partial charge on any atom is 0.328 e. The van der Waals surface area contributed by atoms with Gasteiger partial charge in [-0.05, 0) is 54.0 Å². The second-order valence-corrected chi connectivity index (χ2v) is 4.54. The zero-order valence-electron chi connectivity index (χ0n) is 12.5. The van der Waals surface area contributed by atoms with Gasteiger partial charge in [-0.15, -0.1) is 0 Å². The van der Waals surface area contributed by atoms with E-state index in [0.717, 1.165) is 17.9 Å². The molecule has 0 aliphatic heterocycles. The molecule has 0 bridgehead atoms. The number of rotatable bonds is 4. The Kier molecular flexibility index (Phi) is 7.33. The van der Waals surface area contributed by atoms with E-state index in [1.807, 2.05) is 6.92 Å². The minimum atomic E-state index is -1.01. The average Bonchev–Trinajstić information content (AvgIpc) is 2.54. The van der Waals surface area contributed by atoms with Crippen LogP contribution in [0.4, 0.5) is 8.78 Å². The van der Waals surface area contributed by atoms with Crippen LogP contribution in [0.2, 0.25) is 0 Å². The molecule has 120 valence electrons. The molecule has 2 rings (SSSR count). The quantitative estimate of drug-likeness (QED) is 0.681. The molecule has 0 unspecified atom stereocenters. The highest BCUT2D eigenvalue weighted by molar-refractivity contribution is 5.85. The minimum absolute atomic E-state index is 0.285. The molecule has 0 aliphatic carbocycles. The van der Waals surface area contributed by atoms with Crippen LogP contribution >= 0.6 is 0 Å². The Morgan fingerprint density at radius 3 is 2.22 bits per heavy atom. The van der Waals surface area contributed by atoms with Crippen LogP contribution in [0.25, 0.3) is 6.08 Å². The van der Waals surface area contributed by atoms with Crippen molar-refractivity contribution in [2.75, 3.05) is 0 Å². The lowest BCUT2D eigenvalue weighted by atomic mass is 10.1. The monoisotopic (exact) mass is 318 g/mol. The van der Waals surface area contributed by atoms with Crippen molar-refractivity contribution in [1.82, 2.24) is 0 Å². The number of aliphatic carboxylic acids is 1. The van der Waals surface area contributed by atoms with Crippen LogP contribution < -0.4 is 0 Å². The van der Waals surface area contributed by atoms with Crippen molar-refractivity contribution in [1.29, 1.82) is 0 Å². The van der Waals surface area contributed by atoms with Crippen molar-refractivity contribution in [2.45, 2.75) is 13.3 Å². The van der Waals surface area contributed by atoms with Gasteiger partial charge in [0.15, 0.2) is 0 Å². The van der Waals surface area contributed by atoms with Crippen LogP contribution in [-0.2, 0) is 11.2 Å². The first-order chi connectivity index (χ1) is 11.0. The van der Waals surface area contributed by atoms with E-state index in [1.165, 1.54) is 48.5 Å². The molecular formula is C18H16F2O3. The topological polar surface area (TPSA) is 54.4 Å². The van der Waals surface area contributed by atoms with Crippen LogP contribution in [0, 0.1) is 11.6 Å². The van der Waals surface area contributed by atoms with Gasteiger partial charge in [0, 0.05) is 11.6 Å². The van der Waals surface area contributed by atoms with Crippen LogP contribution in [0.1, 0.15) is 28.4 Å². The van der Waals surface area contributed by atoms with Gasteiger partial charge in [-0.1, -0.05) is 19.1 Å². The zero-order chi connectivity index (χ0) is 17.2. The molecule has 1 N–H and O–H groups in total. The number of hydrogen-bond donors (Lipinski definition) is 1. The highest BCUT2D eigenvalue weighted by Crippen LogP contribution is 2.09. The van der Waals surface area contributed by atoms with E-state index in [-0.39, 0.29) is 11.6 Å². The number of halogens is 2. The van der Waals surface area contributed by atoms with Gasteiger partial charge < -0.3 is 5.11 Å². The zero-order valence-corrected chi connectivity index (χ0v) is 12.5. The van der Waals surface area contributed by atoms with Crippen molar-refractivity contribution in [2.24, 2.45) is 0 Å². The van der Waals surface area contributed by atoms with E-state index >= 15 is 0 Å². The standard InChI is InChI=1S/C9H7FO2.C9H9FO/c10-8-4-1-7(2-5-8)3-6-9(11)12;1-2-7-5-9(10)4-3-8(7)6-11/h1-6H,(H,11,12);3-6H,2H2,1H3/b6-3+;. The number of carboxylic acid groups (broad SMARTS) is 1. The Morgan fingerprint density at radius 1 is 1.09 bits per heavy atom. The molecule has 0 heterocycles. The summed E-state index contributed by atoms with van der Waals surface area (Å²) in [7, 11) is 0. The van der Waals surface area contributed by atoms with Crippen molar-refractivity contribution in [3.8, 4) is 0 Å². The average molecular weight is 318 g/mol. The summed E-state index contributed by atoms with van der Waals surface area (Å²) >= 11 is 0. The number of carbonyl (C=O) groups is 2. The summed E-state index contributed by atoms with van der Waals surface area (Å²) in [6.07, 6.45) is 3.85. The van der Waals surface area contributed by atoms with Gasteiger partial charge in [-0.2, -0.15) is 0 Å². The van der Waals surface area contributed by atoms with Gasteiger partial charge in [0.1, 0.15) is 17.9 Å². The summed E-state index contributed by atoms with van der Waals surface area (Å²) in [5.74, 6) is -1.63. The van der Waals surface area contributed by atoms with Gasteiger partial charge in [0.2, 0.25) is 0 Å². The second kappa shape index (κ2) is 9.25. The Labute approximate surface area is 132 Å². The number of hydrogen-bond acceptors (Lipinski definition) is 2. The Morgan fingerprint density at radius 2 is 1.70 bits per heavy atom. The number of carboxylic acids is 1. The third-order valence-corrected chi connectivity index (χ3v) is 2.90. The number of aryl methyl sites for hydroxylation is 1. The van der Waals surface area contributed by atoms with Crippen molar-refractivity contribution >= 4 is 18.3 Å². The van der Waals surface area contributed by atoms with Gasteiger partial charge in [0.05, 0.1) is 0 Å². The Hall–Kier alpha value is -2.82. The van der Waals surface area contributed by atoms with Gasteiger partial charge in [-0.25, -0.2) is 13.6 Å². The lowest BCUT2D eigenvalue weighted by molar-refractivity contribution is -0.131. The first-order valence-corrected chi connectivity index (χ1v) is 6.86. The molecule has 0 saturated carbocycles. The van der Waals surface area contributed by atoms with Gasteiger partial charge in [-0.3, -0.25) is 4.79 Å². The van der Waals surface area contributed by atoms with Crippen molar-refractivity contribution < 1.29 is 23.5 Å². The largest absolute Gasteiger partial charge is 0.478 e. The lowest BCUT2D eigenvalue weighted by Crippen LogP contribution is -1.91. The fourth-order valence-corrected chi connectivity index (χ4v) is 1.74. The normalized spacial score (nSPS) is 10.0. The van der Waals surface area contributed by atoms with Gasteiger partial charge in [0.25, 0.3) is 0 Å². The van der Waals surface area contributed by atoms with E-state index in [0.29, 0.717) is 17.5 Å². The molecule has 0 aromatic heterocycles. The highest BCUT2D eigenvalue weighted by atomic mass is 19.1. The first kappa shape index (κ1) is 18.2. The van der Waals surface area contributed by atoms with E-state index < -0.39 is 5.97 Å². The minimum Gasteiger partial charge on any atom is -0.478 e. The molecule has 5 heteroatoms. The summed E-state index contributed by atoms with van der Waals surface area (Å²) in [6, 6.07) is 9.76. The predicted octanol–water partition coefficient (Wildman–Crippen LogP) is 4.12. The summed E-state index contributed by atoms with van der Waals surface area (Å²) in [5.41, 5.74) is 2.01. The SMILES string of the molecule is CCc1cc(F)ccc1C=O.O=C(O)/C=C/c1ccc(F)cc1. The summed E-state index contributed by atoms with van der Waals surface area (Å²) < 4.78 is 24.9. The highest BCUT2D eigenvalue weighted by Gasteiger charge is 1.99. The molecule has 0 fully saturated rings. The summed E-state index contributed by atoms with van der Waals surface area (Å²) in [4.78, 5) is 20.5. The predicted molar refractivity (Wildman–Crippen MR) is 84.2 cm³/mol. The second-order valence-electron chi connectivity index (χ2n) is 4.54. The van der Waals surface area contributed by atoms with Crippen molar-refractivity contribution in [3.63, 3.8) is 0 Å². The van der Waals surface area contributed by atoms with Crippen LogP contribution in [0.5, 0.6) is 0 Å². The van der Waals surface area contributed by atoms with Crippen LogP contribution in [-0.4, -0.2) is 17.4 Å². The molecule has 23 heavy (non-hydrogen) atoms. The molecule has 3 nitrogen and oxygen atoms in total.